The third kappa shape index (κ3) is 4.75. The first-order chi connectivity index (χ1) is 9.25. The summed E-state index contributed by atoms with van der Waals surface area (Å²) in [6.07, 6.45) is 0.634. The van der Waals surface area contributed by atoms with Crippen molar-refractivity contribution in [3.8, 4) is 0 Å². The number of nitrogens with two attached hydrogens (primary N) is 1. The summed E-state index contributed by atoms with van der Waals surface area (Å²) in [5.74, 6) is -0.455. The molecule has 0 aromatic heterocycles. The Balaban J connectivity index is 2.93. The maximum Gasteiger partial charge on any atom is 0.253 e. The zero-order valence-corrected chi connectivity index (χ0v) is 12.8. The summed E-state index contributed by atoms with van der Waals surface area (Å²) >= 11 is 5.91. The van der Waals surface area contributed by atoms with Gasteiger partial charge in [0.25, 0.3) is 5.91 Å². The fourth-order valence-electron chi connectivity index (χ4n) is 1.52. The lowest BCUT2D eigenvalue weighted by Gasteiger charge is -2.14. The Morgan fingerprint density at radius 2 is 2.15 bits per heavy atom. The molecule has 0 aliphatic heterocycles. The summed E-state index contributed by atoms with van der Waals surface area (Å²) in [5, 5.41) is 7.90. The fraction of sp³-hybridized carbons (Fsp3) is 0.417. The van der Waals surface area contributed by atoms with E-state index in [0.717, 1.165) is 6.07 Å². The van der Waals surface area contributed by atoms with Crippen LogP contribution in [0, 0.1) is 0 Å². The number of carbonyl (C=O) groups excluding carboxylic acids is 1. The summed E-state index contributed by atoms with van der Waals surface area (Å²) in [6.45, 7) is 2.32. The monoisotopic (exact) mass is 320 g/mol. The molecule has 1 rings (SSSR count). The average molecular weight is 321 g/mol. The van der Waals surface area contributed by atoms with Gasteiger partial charge < -0.3 is 10.1 Å². The van der Waals surface area contributed by atoms with Crippen molar-refractivity contribution in [3.05, 3.63) is 28.8 Å². The van der Waals surface area contributed by atoms with E-state index in [4.69, 9.17) is 21.5 Å². The van der Waals surface area contributed by atoms with Crippen LogP contribution in [-0.4, -0.2) is 34.1 Å². The van der Waals surface area contributed by atoms with E-state index in [1.54, 1.807) is 7.11 Å². The zero-order valence-electron chi connectivity index (χ0n) is 11.2. The van der Waals surface area contributed by atoms with E-state index >= 15 is 0 Å². The van der Waals surface area contributed by atoms with Crippen LogP contribution >= 0.6 is 11.6 Å². The number of carbonyl (C=O) groups is 1. The molecule has 20 heavy (non-hydrogen) atoms. The van der Waals surface area contributed by atoms with Gasteiger partial charge in [0.15, 0.2) is 0 Å². The maximum absolute atomic E-state index is 12.0. The summed E-state index contributed by atoms with van der Waals surface area (Å²) in [5.41, 5.74) is 0.0717. The molecule has 1 amide bonds. The topological polar surface area (TPSA) is 98.5 Å². The van der Waals surface area contributed by atoms with Crippen LogP contribution in [0.25, 0.3) is 0 Å². The molecule has 1 aromatic carbocycles. The third-order valence-electron chi connectivity index (χ3n) is 2.64. The molecule has 6 nitrogen and oxygen atoms in total. The van der Waals surface area contributed by atoms with Gasteiger partial charge in [-0.3, -0.25) is 4.79 Å². The van der Waals surface area contributed by atoms with E-state index in [1.165, 1.54) is 12.1 Å². The highest BCUT2D eigenvalue weighted by Gasteiger charge is 2.17. The van der Waals surface area contributed by atoms with Gasteiger partial charge >= 0.3 is 0 Å². The number of hydrogen-bond acceptors (Lipinski definition) is 4. The Morgan fingerprint density at radius 3 is 2.70 bits per heavy atom. The average Bonchev–Trinajstić information content (AvgIpc) is 2.35. The van der Waals surface area contributed by atoms with Crippen LogP contribution in [0.5, 0.6) is 0 Å². The molecule has 3 N–H and O–H groups in total. The van der Waals surface area contributed by atoms with Crippen molar-refractivity contribution in [3.63, 3.8) is 0 Å². The Kier molecular flexibility index (Phi) is 5.94. The van der Waals surface area contributed by atoms with E-state index in [0.29, 0.717) is 13.0 Å². The Bertz CT molecular complexity index is 589. The highest BCUT2D eigenvalue weighted by atomic mass is 35.5. The quantitative estimate of drug-likeness (QED) is 0.821. The number of methoxy groups -OCH3 is 1. The number of nitrogens with one attached hydrogen (secondary N) is 1. The first-order valence-electron chi connectivity index (χ1n) is 5.88. The van der Waals surface area contributed by atoms with Gasteiger partial charge in [0.1, 0.15) is 0 Å². The first-order valence-corrected chi connectivity index (χ1v) is 7.80. The molecule has 0 radical (unpaired) electrons. The minimum atomic E-state index is -3.88. The molecule has 0 spiro atoms. The zero-order chi connectivity index (χ0) is 15.3. The van der Waals surface area contributed by atoms with Crippen molar-refractivity contribution < 1.29 is 17.9 Å². The molecule has 0 bridgehead atoms. The van der Waals surface area contributed by atoms with Crippen molar-refractivity contribution in [1.29, 1.82) is 0 Å². The minimum absolute atomic E-state index is 0.0717. The number of halogens is 1. The first kappa shape index (κ1) is 16.9. The van der Waals surface area contributed by atoms with Gasteiger partial charge in [0.05, 0.1) is 15.5 Å². The number of ether oxygens (including phenoxy) is 1. The smallest absolute Gasteiger partial charge is 0.253 e. The van der Waals surface area contributed by atoms with Gasteiger partial charge in [0.2, 0.25) is 10.0 Å². The fourth-order valence-corrected chi connectivity index (χ4v) is 2.27. The van der Waals surface area contributed by atoms with Crippen LogP contribution in [0.3, 0.4) is 0 Å². The second-order valence-electron chi connectivity index (χ2n) is 4.34. The Morgan fingerprint density at radius 1 is 1.50 bits per heavy atom. The van der Waals surface area contributed by atoms with E-state index in [1.807, 2.05) is 6.92 Å². The Hall–Kier alpha value is -1.15. The van der Waals surface area contributed by atoms with Gasteiger partial charge in [-0.1, -0.05) is 11.6 Å². The van der Waals surface area contributed by atoms with E-state index in [2.05, 4.69) is 5.32 Å². The molecule has 0 saturated carbocycles. The van der Waals surface area contributed by atoms with E-state index < -0.39 is 15.9 Å². The van der Waals surface area contributed by atoms with Crippen LogP contribution in [-0.2, 0) is 14.8 Å². The lowest BCUT2D eigenvalue weighted by Crippen LogP contribution is -2.33. The van der Waals surface area contributed by atoms with Crippen molar-refractivity contribution in [1.82, 2.24) is 5.32 Å². The predicted octanol–water partition coefficient (Wildman–Crippen LogP) is 1.14. The molecular weight excluding hydrogens is 304 g/mol. The number of benzene rings is 1. The highest BCUT2D eigenvalue weighted by Crippen LogP contribution is 2.20. The SMILES string of the molecule is COCCC(C)NC(=O)c1cc(S(N)(=O)=O)ccc1Cl. The van der Waals surface area contributed by atoms with Gasteiger partial charge in [-0.2, -0.15) is 0 Å². The lowest BCUT2D eigenvalue weighted by atomic mass is 10.2. The number of primary sulfonamides is 1. The molecule has 8 heteroatoms. The molecule has 0 aliphatic rings. The maximum atomic E-state index is 12.0. The highest BCUT2D eigenvalue weighted by molar-refractivity contribution is 7.89. The molecule has 1 atom stereocenters. The van der Waals surface area contributed by atoms with Crippen molar-refractivity contribution in [2.45, 2.75) is 24.3 Å². The lowest BCUT2D eigenvalue weighted by molar-refractivity contribution is 0.0929. The molecule has 0 heterocycles. The molecule has 0 fully saturated rings. The predicted molar refractivity (Wildman–Crippen MR) is 76.2 cm³/mol. The largest absolute Gasteiger partial charge is 0.385 e. The van der Waals surface area contributed by atoms with Crippen LogP contribution in [0.1, 0.15) is 23.7 Å². The summed E-state index contributed by atoms with van der Waals surface area (Å²) in [6, 6.07) is 3.62. The molecule has 1 aromatic rings. The van der Waals surface area contributed by atoms with Crippen molar-refractivity contribution in [2.24, 2.45) is 5.14 Å². The molecule has 1 unspecified atom stereocenters. The van der Waals surface area contributed by atoms with Gasteiger partial charge in [-0.05, 0) is 31.5 Å². The second kappa shape index (κ2) is 7.03. The molecule has 0 aliphatic carbocycles. The summed E-state index contributed by atoms with van der Waals surface area (Å²) in [7, 11) is -2.31. The third-order valence-corrected chi connectivity index (χ3v) is 3.88. The van der Waals surface area contributed by atoms with Crippen LogP contribution in [0.4, 0.5) is 0 Å². The number of hydrogen-bond donors (Lipinski definition) is 2. The second-order valence-corrected chi connectivity index (χ2v) is 6.31. The summed E-state index contributed by atoms with van der Waals surface area (Å²) < 4.78 is 27.5. The normalized spacial score (nSPS) is 13.0. The van der Waals surface area contributed by atoms with E-state index in [9.17, 15) is 13.2 Å². The molecule has 112 valence electrons. The van der Waals surface area contributed by atoms with Gasteiger partial charge in [-0.25, -0.2) is 13.6 Å². The van der Waals surface area contributed by atoms with E-state index in [-0.39, 0.29) is 21.5 Å². The van der Waals surface area contributed by atoms with Gasteiger partial charge in [-0.15, -0.1) is 0 Å². The standard InChI is InChI=1S/C12H17ClN2O4S/c1-8(5-6-19-2)15-12(16)10-7-9(20(14,17)18)3-4-11(10)13/h3-4,7-8H,5-6H2,1-2H3,(H,15,16)(H2,14,17,18). The minimum Gasteiger partial charge on any atom is -0.385 e. The number of amides is 1. The molecule has 0 saturated heterocycles. The van der Waals surface area contributed by atoms with Crippen molar-refractivity contribution >= 4 is 27.5 Å². The number of rotatable bonds is 6. The number of sulfonamides is 1. The summed E-state index contributed by atoms with van der Waals surface area (Å²) in [4.78, 5) is 11.9. The van der Waals surface area contributed by atoms with Crippen molar-refractivity contribution in [2.75, 3.05) is 13.7 Å². The van der Waals surface area contributed by atoms with Crippen LogP contribution in [0.2, 0.25) is 5.02 Å². The van der Waals surface area contributed by atoms with Crippen LogP contribution in [0.15, 0.2) is 23.1 Å². The van der Waals surface area contributed by atoms with Crippen LogP contribution < -0.4 is 10.5 Å². The van der Waals surface area contributed by atoms with Gasteiger partial charge in [0, 0.05) is 19.8 Å². The molecular formula is C12H17ClN2O4S. The Labute approximate surface area is 123 Å².